The maximum atomic E-state index is 12.3. The zero-order valence-electron chi connectivity index (χ0n) is 17.0. The minimum atomic E-state index is -0.722. The molecule has 3 rings (SSSR count). The van der Waals surface area contributed by atoms with Crippen molar-refractivity contribution < 1.29 is 9.59 Å². The molecule has 2 N–H and O–H groups in total. The molecule has 0 saturated carbocycles. The van der Waals surface area contributed by atoms with Gasteiger partial charge < -0.3 is 20.1 Å². The van der Waals surface area contributed by atoms with Gasteiger partial charge in [-0.15, -0.1) is 0 Å². The van der Waals surface area contributed by atoms with E-state index in [0.29, 0.717) is 17.3 Å². The second-order valence-electron chi connectivity index (χ2n) is 7.32. The predicted octanol–water partition coefficient (Wildman–Crippen LogP) is 3.50. The van der Waals surface area contributed by atoms with Crippen LogP contribution in [0.2, 0.25) is 5.02 Å². The van der Waals surface area contributed by atoms with Gasteiger partial charge in [0.15, 0.2) is 0 Å². The summed E-state index contributed by atoms with van der Waals surface area (Å²) in [6.45, 7) is 2.18. The van der Waals surface area contributed by atoms with Crippen molar-refractivity contribution in [2.75, 3.05) is 26.0 Å². The standard InChI is InChI=1S/C22H25ClN4O2/c1-14-9-10-15(11-18(14)23)25-22(29)21(28)24-12-20(26(2)3)17-13-27(4)19-8-6-5-7-16(17)19/h5-11,13,20H,12H2,1-4H3,(H,24,28)(H,25,29). The number of rotatable bonds is 5. The fourth-order valence-corrected chi connectivity index (χ4v) is 3.52. The van der Waals surface area contributed by atoms with Gasteiger partial charge in [0.25, 0.3) is 0 Å². The number of nitrogens with zero attached hydrogens (tertiary/aromatic N) is 2. The molecule has 1 atom stereocenters. The van der Waals surface area contributed by atoms with E-state index in [1.54, 1.807) is 18.2 Å². The van der Waals surface area contributed by atoms with Crippen molar-refractivity contribution in [3.63, 3.8) is 0 Å². The first-order valence-corrected chi connectivity index (χ1v) is 9.71. The third kappa shape index (κ3) is 4.60. The molecule has 2 amide bonds. The van der Waals surface area contributed by atoms with Gasteiger partial charge in [-0.05, 0) is 50.3 Å². The number of nitrogens with one attached hydrogen (secondary N) is 2. The summed E-state index contributed by atoms with van der Waals surface area (Å²) < 4.78 is 2.07. The first-order chi connectivity index (χ1) is 13.8. The second-order valence-corrected chi connectivity index (χ2v) is 7.73. The van der Waals surface area contributed by atoms with Crippen molar-refractivity contribution in [1.29, 1.82) is 0 Å². The quantitative estimate of drug-likeness (QED) is 0.630. The number of para-hydroxylation sites is 1. The van der Waals surface area contributed by atoms with Gasteiger partial charge in [0.05, 0.1) is 6.04 Å². The lowest BCUT2D eigenvalue weighted by atomic mass is 10.0. The molecule has 3 aromatic rings. The number of carbonyl (C=O) groups is 2. The average Bonchev–Trinajstić information content (AvgIpc) is 3.01. The predicted molar refractivity (Wildman–Crippen MR) is 117 cm³/mol. The summed E-state index contributed by atoms with van der Waals surface area (Å²) in [5.74, 6) is -1.41. The van der Waals surface area contributed by atoms with Crippen molar-refractivity contribution in [1.82, 2.24) is 14.8 Å². The Kier molecular flexibility index (Phi) is 6.25. The third-order valence-electron chi connectivity index (χ3n) is 5.00. The molecule has 0 aliphatic rings. The molecule has 1 unspecified atom stereocenters. The van der Waals surface area contributed by atoms with Crippen molar-refractivity contribution >= 4 is 40.0 Å². The molecular formula is C22H25ClN4O2. The number of hydrogen-bond acceptors (Lipinski definition) is 3. The maximum Gasteiger partial charge on any atom is 0.313 e. The summed E-state index contributed by atoms with van der Waals surface area (Å²) >= 11 is 6.07. The van der Waals surface area contributed by atoms with Gasteiger partial charge in [0.1, 0.15) is 0 Å². The highest BCUT2D eigenvalue weighted by molar-refractivity contribution is 6.39. The molecule has 29 heavy (non-hydrogen) atoms. The third-order valence-corrected chi connectivity index (χ3v) is 5.41. The zero-order chi connectivity index (χ0) is 21.1. The average molecular weight is 413 g/mol. The van der Waals surface area contributed by atoms with E-state index >= 15 is 0 Å². The highest BCUT2D eigenvalue weighted by Crippen LogP contribution is 2.28. The van der Waals surface area contributed by atoms with E-state index in [2.05, 4.69) is 33.5 Å². The summed E-state index contributed by atoms with van der Waals surface area (Å²) in [6.07, 6.45) is 2.07. The fraction of sp³-hybridized carbons (Fsp3) is 0.273. The number of amides is 2. The maximum absolute atomic E-state index is 12.3. The van der Waals surface area contributed by atoms with Crippen LogP contribution < -0.4 is 10.6 Å². The number of aromatic nitrogens is 1. The van der Waals surface area contributed by atoms with Crippen LogP contribution in [0.1, 0.15) is 17.2 Å². The lowest BCUT2D eigenvalue weighted by Gasteiger charge is -2.24. The Morgan fingerprint density at radius 1 is 1.14 bits per heavy atom. The van der Waals surface area contributed by atoms with Crippen LogP contribution in [-0.4, -0.2) is 41.9 Å². The van der Waals surface area contributed by atoms with Gasteiger partial charge in [-0.1, -0.05) is 35.9 Å². The van der Waals surface area contributed by atoms with Crippen LogP contribution >= 0.6 is 11.6 Å². The number of anilines is 1. The first kappa shape index (κ1) is 20.9. The minimum Gasteiger partial charge on any atom is -0.350 e. The van der Waals surface area contributed by atoms with Crippen LogP contribution in [-0.2, 0) is 16.6 Å². The van der Waals surface area contributed by atoms with E-state index in [1.807, 2.05) is 45.1 Å². The molecule has 152 valence electrons. The highest BCUT2D eigenvalue weighted by atomic mass is 35.5. The van der Waals surface area contributed by atoms with Crippen LogP contribution in [0.3, 0.4) is 0 Å². The summed E-state index contributed by atoms with van der Waals surface area (Å²) in [6, 6.07) is 13.2. The van der Waals surface area contributed by atoms with Crippen molar-refractivity contribution in [2.45, 2.75) is 13.0 Å². The van der Waals surface area contributed by atoms with Gasteiger partial charge in [-0.2, -0.15) is 0 Å². The molecule has 2 aromatic carbocycles. The molecule has 0 spiro atoms. The number of fused-ring (bicyclic) bond motifs is 1. The SMILES string of the molecule is Cc1ccc(NC(=O)C(=O)NCC(c2cn(C)c3ccccc23)N(C)C)cc1Cl. The summed E-state index contributed by atoms with van der Waals surface area (Å²) in [5.41, 5.74) is 3.60. The molecular weight excluding hydrogens is 388 g/mol. The van der Waals surface area contributed by atoms with Crippen LogP contribution in [0.25, 0.3) is 10.9 Å². The summed E-state index contributed by atoms with van der Waals surface area (Å²) in [5, 5.41) is 6.99. The molecule has 1 aromatic heterocycles. The molecule has 1 heterocycles. The molecule has 0 saturated heterocycles. The van der Waals surface area contributed by atoms with Crippen molar-refractivity contribution in [2.24, 2.45) is 7.05 Å². The lowest BCUT2D eigenvalue weighted by Crippen LogP contribution is -2.40. The van der Waals surface area contributed by atoms with Crippen molar-refractivity contribution in [3.8, 4) is 0 Å². The summed E-state index contributed by atoms with van der Waals surface area (Å²) in [7, 11) is 5.90. The highest BCUT2D eigenvalue weighted by Gasteiger charge is 2.22. The topological polar surface area (TPSA) is 66.4 Å². The number of likely N-dealkylation sites (N-methyl/N-ethyl adjacent to an activating group) is 1. The van der Waals surface area contributed by atoms with E-state index in [-0.39, 0.29) is 6.04 Å². The second kappa shape index (κ2) is 8.68. The Bertz CT molecular complexity index is 1060. The molecule has 0 radical (unpaired) electrons. The molecule has 0 bridgehead atoms. The van der Waals surface area contributed by atoms with Gasteiger partial charge in [0.2, 0.25) is 0 Å². The Labute approximate surface area is 175 Å². The van der Waals surface area contributed by atoms with Crippen LogP contribution in [0.4, 0.5) is 5.69 Å². The Balaban J connectivity index is 1.70. The van der Waals surface area contributed by atoms with E-state index in [9.17, 15) is 9.59 Å². The van der Waals surface area contributed by atoms with Gasteiger partial charge in [-0.3, -0.25) is 9.59 Å². The van der Waals surface area contributed by atoms with E-state index in [4.69, 9.17) is 11.6 Å². The number of hydrogen-bond donors (Lipinski definition) is 2. The van der Waals surface area contributed by atoms with Gasteiger partial charge in [-0.25, -0.2) is 0 Å². The zero-order valence-corrected chi connectivity index (χ0v) is 17.7. The number of benzene rings is 2. The van der Waals surface area contributed by atoms with Crippen molar-refractivity contribution in [3.05, 3.63) is 64.8 Å². The minimum absolute atomic E-state index is 0.0772. The Morgan fingerprint density at radius 3 is 2.55 bits per heavy atom. The normalized spacial score (nSPS) is 12.2. The fourth-order valence-electron chi connectivity index (χ4n) is 3.34. The number of carbonyl (C=O) groups excluding carboxylic acids is 2. The summed E-state index contributed by atoms with van der Waals surface area (Å²) in [4.78, 5) is 26.6. The Morgan fingerprint density at radius 2 is 1.86 bits per heavy atom. The van der Waals surface area contributed by atoms with Gasteiger partial charge >= 0.3 is 11.8 Å². The Hall–Kier alpha value is -2.83. The van der Waals surface area contributed by atoms with Gasteiger partial charge in [0, 0.05) is 41.4 Å². The number of halogens is 1. The van der Waals surface area contributed by atoms with E-state index in [0.717, 1.165) is 22.0 Å². The molecule has 0 aliphatic heterocycles. The molecule has 7 heteroatoms. The number of aryl methyl sites for hydroxylation is 2. The lowest BCUT2D eigenvalue weighted by molar-refractivity contribution is -0.136. The molecule has 6 nitrogen and oxygen atoms in total. The first-order valence-electron chi connectivity index (χ1n) is 9.33. The van der Waals surface area contributed by atoms with E-state index < -0.39 is 11.8 Å². The monoisotopic (exact) mass is 412 g/mol. The van der Waals surface area contributed by atoms with Crippen LogP contribution in [0, 0.1) is 6.92 Å². The molecule has 0 fully saturated rings. The van der Waals surface area contributed by atoms with Crippen LogP contribution in [0.15, 0.2) is 48.7 Å². The van der Waals surface area contributed by atoms with Crippen LogP contribution in [0.5, 0.6) is 0 Å². The smallest absolute Gasteiger partial charge is 0.313 e. The molecule has 0 aliphatic carbocycles. The van der Waals surface area contributed by atoms with E-state index in [1.165, 1.54) is 0 Å². The largest absolute Gasteiger partial charge is 0.350 e.